The molecule has 0 bridgehead atoms. The fourth-order valence-corrected chi connectivity index (χ4v) is 5.56. The Labute approximate surface area is 173 Å². The highest BCUT2D eigenvalue weighted by Gasteiger charge is 2.27. The van der Waals surface area contributed by atoms with Crippen LogP contribution in [0.3, 0.4) is 0 Å². The van der Waals surface area contributed by atoms with Crippen molar-refractivity contribution in [1.82, 2.24) is 14.8 Å². The third kappa shape index (κ3) is 4.07. The Morgan fingerprint density at radius 3 is 2.52 bits per heavy atom. The lowest BCUT2D eigenvalue weighted by Crippen LogP contribution is -2.38. The summed E-state index contributed by atoms with van der Waals surface area (Å²) in [4.78, 5) is 22.6. The van der Waals surface area contributed by atoms with E-state index >= 15 is 0 Å². The van der Waals surface area contributed by atoms with Crippen LogP contribution in [0.1, 0.15) is 86.4 Å². The summed E-state index contributed by atoms with van der Waals surface area (Å²) in [7, 11) is 0. The van der Waals surface area contributed by atoms with E-state index in [1.54, 1.807) is 0 Å². The van der Waals surface area contributed by atoms with Crippen molar-refractivity contribution in [2.24, 2.45) is 0 Å². The predicted molar refractivity (Wildman–Crippen MR) is 114 cm³/mol. The minimum atomic E-state index is 0.135. The zero-order chi connectivity index (χ0) is 19.6. The van der Waals surface area contributed by atoms with Gasteiger partial charge in [-0.15, -0.1) is 0 Å². The van der Waals surface area contributed by atoms with Crippen LogP contribution in [0.15, 0.2) is 22.6 Å². The van der Waals surface area contributed by atoms with E-state index in [1.165, 1.54) is 57.8 Å². The first-order chi connectivity index (χ1) is 14.3. The summed E-state index contributed by atoms with van der Waals surface area (Å²) in [6.07, 6.45) is 12.7. The minimum absolute atomic E-state index is 0.135. The smallest absolute Gasteiger partial charge is 0.254 e. The van der Waals surface area contributed by atoms with E-state index in [-0.39, 0.29) is 5.91 Å². The molecule has 5 nitrogen and oxygen atoms in total. The van der Waals surface area contributed by atoms with E-state index in [1.807, 2.05) is 23.1 Å². The Morgan fingerprint density at radius 1 is 0.897 bits per heavy atom. The number of aromatic nitrogens is 1. The average Bonchev–Trinajstić information content (AvgIpc) is 3.38. The van der Waals surface area contributed by atoms with Crippen LogP contribution in [0.4, 0.5) is 0 Å². The van der Waals surface area contributed by atoms with Gasteiger partial charge in [0.15, 0.2) is 11.5 Å². The molecular weight excluding hydrogens is 362 g/mol. The SMILES string of the molecule is O=C(c1ccc2nc(C3CCCCC3)oc2c1)N1CCCN(C2CCCC2)CC1. The van der Waals surface area contributed by atoms with E-state index in [0.717, 1.165) is 61.2 Å². The van der Waals surface area contributed by atoms with Crippen LogP contribution < -0.4 is 0 Å². The second-order valence-electron chi connectivity index (χ2n) is 9.19. The molecule has 1 amide bonds. The van der Waals surface area contributed by atoms with Crippen LogP contribution in [0.25, 0.3) is 11.1 Å². The average molecular weight is 396 g/mol. The van der Waals surface area contributed by atoms with Crippen molar-refractivity contribution in [1.29, 1.82) is 0 Å². The first-order valence-electron chi connectivity index (χ1n) is 11.7. The molecule has 5 rings (SSSR count). The van der Waals surface area contributed by atoms with Gasteiger partial charge in [0.05, 0.1) is 0 Å². The molecule has 1 aliphatic heterocycles. The Bertz CT molecular complexity index is 849. The lowest BCUT2D eigenvalue weighted by atomic mass is 9.89. The number of rotatable bonds is 3. The van der Waals surface area contributed by atoms with Crippen molar-refractivity contribution in [3.63, 3.8) is 0 Å². The van der Waals surface area contributed by atoms with E-state index in [4.69, 9.17) is 9.40 Å². The van der Waals surface area contributed by atoms with Gasteiger partial charge in [0.25, 0.3) is 5.91 Å². The molecule has 2 aliphatic carbocycles. The van der Waals surface area contributed by atoms with Crippen molar-refractivity contribution in [2.45, 2.75) is 76.2 Å². The zero-order valence-electron chi connectivity index (χ0n) is 17.4. The maximum absolute atomic E-state index is 13.2. The van der Waals surface area contributed by atoms with Crippen LogP contribution in [-0.4, -0.2) is 52.9 Å². The number of fused-ring (bicyclic) bond motifs is 1. The molecule has 5 heteroatoms. The number of oxazole rings is 1. The molecule has 0 unspecified atom stereocenters. The number of hydrogen-bond acceptors (Lipinski definition) is 4. The normalized spacial score (nSPS) is 23.0. The van der Waals surface area contributed by atoms with Crippen LogP contribution in [-0.2, 0) is 0 Å². The fourth-order valence-electron chi connectivity index (χ4n) is 5.56. The van der Waals surface area contributed by atoms with Gasteiger partial charge in [0.2, 0.25) is 0 Å². The van der Waals surface area contributed by atoms with Crippen LogP contribution in [0, 0.1) is 0 Å². The minimum Gasteiger partial charge on any atom is -0.440 e. The highest BCUT2D eigenvalue weighted by atomic mass is 16.3. The summed E-state index contributed by atoms with van der Waals surface area (Å²) in [6, 6.07) is 6.54. The van der Waals surface area contributed by atoms with Crippen LogP contribution in [0.2, 0.25) is 0 Å². The van der Waals surface area contributed by atoms with Gasteiger partial charge in [-0.1, -0.05) is 32.1 Å². The largest absolute Gasteiger partial charge is 0.440 e. The van der Waals surface area contributed by atoms with E-state index in [0.29, 0.717) is 5.92 Å². The third-order valence-corrected chi connectivity index (χ3v) is 7.27. The summed E-state index contributed by atoms with van der Waals surface area (Å²) in [5, 5.41) is 0. The molecular formula is C24H33N3O2. The van der Waals surface area contributed by atoms with Crippen molar-refractivity contribution in [2.75, 3.05) is 26.2 Å². The van der Waals surface area contributed by atoms with Crippen molar-refractivity contribution in [3.8, 4) is 0 Å². The van der Waals surface area contributed by atoms with Gasteiger partial charge in [-0.2, -0.15) is 0 Å². The van der Waals surface area contributed by atoms with Gasteiger partial charge in [-0.3, -0.25) is 9.69 Å². The number of carbonyl (C=O) groups excluding carboxylic acids is 1. The molecule has 0 spiro atoms. The molecule has 3 fully saturated rings. The van der Waals surface area contributed by atoms with E-state index in [9.17, 15) is 4.79 Å². The molecule has 2 aromatic rings. The molecule has 2 heterocycles. The highest BCUT2D eigenvalue weighted by Crippen LogP contribution is 2.34. The number of nitrogens with zero attached hydrogens (tertiary/aromatic N) is 3. The second kappa shape index (κ2) is 8.47. The topological polar surface area (TPSA) is 49.6 Å². The lowest BCUT2D eigenvalue weighted by Gasteiger charge is -2.27. The number of amides is 1. The van der Waals surface area contributed by atoms with Gasteiger partial charge >= 0.3 is 0 Å². The molecule has 1 aromatic carbocycles. The van der Waals surface area contributed by atoms with Gasteiger partial charge in [-0.25, -0.2) is 4.98 Å². The third-order valence-electron chi connectivity index (χ3n) is 7.27. The molecule has 3 aliphatic rings. The van der Waals surface area contributed by atoms with Gasteiger partial charge < -0.3 is 9.32 Å². The summed E-state index contributed by atoms with van der Waals surface area (Å²) < 4.78 is 6.10. The fraction of sp³-hybridized carbons (Fsp3) is 0.667. The van der Waals surface area contributed by atoms with Gasteiger partial charge in [0.1, 0.15) is 5.52 Å². The molecule has 2 saturated carbocycles. The van der Waals surface area contributed by atoms with Crippen LogP contribution in [0.5, 0.6) is 0 Å². The highest BCUT2D eigenvalue weighted by molar-refractivity contribution is 5.97. The maximum Gasteiger partial charge on any atom is 0.254 e. The summed E-state index contributed by atoms with van der Waals surface area (Å²) in [5.74, 6) is 1.45. The van der Waals surface area contributed by atoms with E-state index < -0.39 is 0 Å². The quantitative estimate of drug-likeness (QED) is 0.736. The first-order valence-corrected chi connectivity index (χ1v) is 11.7. The molecule has 0 radical (unpaired) electrons. The van der Waals surface area contributed by atoms with Crippen molar-refractivity contribution >= 4 is 17.0 Å². The summed E-state index contributed by atoms with van der Waals surface area (Å²) in [6.45, 7) is 3.81. The lowest BCUT2D eigenvalue weighted by molar-refractivity contribution is 0.0758. The molecule has 0 N–H and O–H groups in total. The molecule has 1 aromatic heterocycles. The van der Waals surface area contributed by atoms with Crippen molar-refractivity contribution < 1.29 is 9.21 Å². The number of benzene rings is 1. The van der Waals surface area contributed by atoms with Crippen molar-refractivity contribution in [3.05, 3.63) is 29.7 Å². The second-order valence-corrected chi connectivity index (χ2v) is 9.19. The Morgan fingerprint density at radius 2 is 1.69 bits per heavy atom. The summed E-state index contributed by atoms with van der Waals surface area (Å²) in [5.41, 5.74) is 2.38. The Hall–Kier alpha value is -1.88. The maximum atomic E-state index is 13.2. The molecule has 29 heavy (non-hydrogen) atoms. The summed E-state index contributed by atoms with van der Waals surface area (Å²) >= 11 is 0. The van der Waals surface area contributed by atoms with E-state index in [2.05, 4.69) is 4.90 Å². The first kappa shape index (κ1) is 19.1. The zero-order valence-corrected chi connectivity index (χ0v) is 17.4. The molecule has 1 saturated heterocycles. The van der Waals surface area contributed by atoms with Crippen LogP contribution >= 0.6 is 0 Å². The predicted octanol–water partition coefficient (Wildman–Crippen LogP) is 4.97. The Kier molecular flexibility index (Phi) is 5.58. The standard InChI is InChI=1S/C24H33N3O2/c28-24(27-14-6-13-26(15-16-27)20-9-4-5-10-20)19-11-12-21-22(17-19)29-23(25-21)18-7-2-1-3-8-18/h11-12,17-18,20H,1-10,13-16H2. The number of carbonyl (C=O) groups is 1. The number of hydrogen-bond donors (Lipinski definition) is 0. The molecule has 156 valence electrons. The van der Waals surface area contributed by atoms with Gasteiger partial charge in [-0.05, 0) is 50.3 Å². The van der Waals surface area contributed by atoms with Gasteiger partial charge in [0, 0.05) is 43.7 Å². The Balaban J connectivity index is 1.28. The monoisotopic (exact) mass is 395 g/mol. The molecule has 0 atom stereocenters.